The lowest BCUT2D eigenvalue weighted by Crippen LogP contribution is -2.03. The number of ether oxygens (including phenoxy) is 1. The van der Waals surface area contributed by atoms with Gasteiger partial charge in [0, 0.05) is 0 Å². The molecule has 0 radical (unpaired) electrons. The summed E-state index contributed by atoms with van der Waals surface area (Å²) in [6, 6.07) is 9.20. The Morgan fingerprint density at radius 2 is 1.92 bits per heavy atom. The van der Waals surface area contributed by atoms with E-state index in [9.17, 15) is 4.57 Å². The van der Waals surface area contributed by atoms with E-state index < -0.39 is 8.25 Å². The summed E-state index contributed by atoms with van der Waals surface area (Å²) in [5, 5.41) is 0. The van der Waals surface area contributed by atoms with E-state index in [-0.39, 0.29) is 13.2 Å². The fraction of sp³-hybridized carbons (Fsp3) is 0.250. The molecule has 0 amide bonds. The molecule has 72 valence electrons. The van der Waals surface area contributed by atoms with E-state index in [4.69, 9.17) is 9.63 Å². The van der Waals surface area contributed by atoms with E-state index in [1.165, 1.54) is 0 Å². The molecule has 1 aromatic carbocycles. The largest absolute Gasteiger partial charge is 0.491 e. The second-order valence-electron chi connectivity index (χ2n) is 2.28. The number of hydrogen-bond acceptors (Lipinski definition) is 3. The predicted molar refractivity (Wildman–Crippen MR) is 49.1 cm³/mol. The van der Waals surface area contributed by atoms with Gasteiger partial charge in [-0.25, -0.2) is 0 Å². The van der Waals surface area contributed by atoms with Gasteiger partial charge >= 0.3 is 8.25 Å². The molecule has 0 spiro atoms. The summed E-state index contributed by atoms with van der Waals surface area (Å²) >= 11 is 0. The number of benzene rings is 1. The van der Waals surface area contributed by atoms with Crippen LogP contribution in [0.2, 0.25) is 0 Å². The first-order valence-corrected chi connectivity index (χ1v) is 5.09. The Hall–Kier alpha value is -0.830. The van der Waals surface area contributed by atoms with Crippen molar-refractivity contribution in [1.29, 1.82) is 0 Å². The smallest absolute Gasteiger partial charge is 0.316 e. The van der Waals surface area contributed by atoms with E-state index in [0.29, 0.717) is 0 Å². The molecule has 0 aliphatic carbocycles. The van der Waals surface area contributed by atoms with Crippen molar-refractivity contribution in [2.24, 2.45) is 0 Å². The quantitative estimate of drug-likeness (QED) is 0.580. The number of hydrogen-bond donors (Lipinski definition) is 1. The molecule has 0 aliphatic heterocycles. The molecule has 4 nitrogen and oxygen atoms in total. The minimum atomic E-state index is -2.82. The molecule has 0 saturated heterocycles. The summed E-state index contributed by atoms with van der Waals surface area (Å²) in [5.41, 5.74) is 0. The van der Waals surface area contributed by atoms with Crippen LogP contribution in [0.3, 0.4) is 0 Å². The van der Waals surface area contributed by atoms with Gasteiger partial charge in [0.2, 0.25) is 0 Å². The summed E-state index contributed by atoms with van der Waals surface area (Å²) in [5.74, 6) is 0.726. The lowest BCUT2D eigenvalue weighted by atomic mass is 10.3. The fourth-order valence-corrected chi connectivity index (χ4v) is 1.06. The van der Waals surface area contributed by atoms with Gasteiger partial charge in [-0.15, -0.1) is 0 Å². The van der Waals surface area contributed by atoms with Gasteiger partial charge in [0.15, 0.2) is 0 Å². The zero-order valence-electron chi connectivity index (χ0n) is 6.97. The summed E-state index contributed by atoms with van der Waals surface area (Å²) in [7, 11) is -2.82. The van der Waals surface area contributed by atoms with Gasteiger partial charge in [0.05, 0.1) is 6.61 Å². The molecular weight excluding hydrogens is 191 g/mol. The van der Waals surface area contributed by atoms with Crippen molar-refractivity contribution >= 4 is 8.25 Å². The maximum Gasteiger partial charge on any atom is 0.316 e. The third-order valence-corrected chi connectivity index (χ3v) is 1.77. The summed E-state index contributed by atoms with van der Waals surface area (Å²) in [6.45, 7) is 0.407. The average Bonchev–Trinajstić information content (AvgIpc) is 2.14. The van der Waals surface area contributed by atoms with Gasteiger partial charge in [-0.2, -0.15) is 0 Å². The lowest BCUT2D eigenvalue weighted by Gasteiger charge is -2.04. The Morgan fingerprint density at radius 3 is 2.54 bits per heavy atom. The fourth-order valence-electron chi connectivity index (χ4n) is 0.805. The van der Waals surface area contributed by atoms with Crippen LogP contribution in [-0.2, 0) is 9.09 Å². The molecule has 0 aliphatic rings. The first kappa shape index (κ1) is 10.3. The Bertz CT molecular complexity index is 262. The van der Waals surface area contributed by atoms with Gasteiger partial charge in [0.1, 0.15) is 12.4 Å². The van der Waals surface area contributed by atoms with Gasteiger partial charge in [-0.1, -0.05) is 18.2 Å². The second-order valence-corrected chi connectivity index (χ2v) is 3.10. The van der Waals surface area contributed by atoms with E-state index >= 15 is 0 Å². The number of rotatable bonds is 5. The van der Waals surface area contributed by atoms with Crippen molar-refractivity contribution in [3.8, 4) is 5.75 Å². The van der Waals surface area contributed by atoms with Gasteiger partial charge < -0.3 is 14.2 Å². The molecule has 1 aromatic rings. The highest BCUT2D eigenvalue weighted by Gasteiger charge is 1.93. The van der Waals surface area contributed by atoms with Crippen molar-refractivity contribution in [3.05, 3.63) is 30.3 Å². The van der Waals surface area contributed by atoms with Gasteiger partial charge in [0.25, 0.3) is 0 Å². The SMILES string of the molecule is O=[PH](O)OCCOc1ccccc1. The molecule has 1 unspecified atom stereocenters. The monoisotopic (exact) mass is 202 g/mol. The van der Waals surface area contributed by atoms with E-state index in [1.807, 2.05) is 30.3 Å². The van der Waals surface area contributed by atoms with Crippen molar-refractivity contribution in [2.75, 3.05) is 13.2 Å². The molecule has 0 aromatic heterocycles. The van der Waals surface area contributed by atoms with E-state index in [2.05, 4.69) is 4.52 Å². The minimum absolute atomic E-state index is 0.128. The van der Waals surface area contributed by atoms with Crippen molar-refractivity contribution in [2.45, 2.75) is 0 Å². The highest BCUT2D eigenvalue weighted by atomic mass is 31.1. The van der Waals surface area contributed by atoms with Crippen LogP contribution in [0.5, 0.6) is 5.75 Å². The van der Waals surface area contributed by atoms with Crippen LogP contribution >= 0.6 is 8.25 Å². The van der Waals surface area contributed by atoms with Gasteiger partial charge in [-0.05, 0) is 12.1 Å². The Morgan fingerprint density at radius 1 is 1.23 bits per heavy atom. The second kappa shape index (κ2) is 5.75. The van der Waals surface area contributed by atoms with Crippen molar-refractivity contribution in [1.82, 2.24) is 0 Å². The van der Waals surface area contributed by atoms with Crippen LogP contribution in [0.15, 0.2) is 30.3 Å². The molecular formula is C8H11O4P. The van der Waals surface area contributed by atoms with Crippen LogP contribution in [0.25, 0.3) is 0 Å². The van der Waals surface area contributed by atoms with Crippen molar-refractivity contribution < 1.29 is 18.7 Å². The van der Waals surface area contributed by atoms with Crippen LogP contribution < -0.4 is 4.74 Å². The zero-order valence-corrected chi connectivity index (χ0v) is 7.97. The average molecular weight is 202 g/mol. The molecule has 0 saturated carbocycles. The summed E-state index contributed by atoms with van der Waals surface area (Å²) < 4.78 is 19.8. The highest BCUT2D eigenvalue weighted by Crippen LogP contribution is 2.14. The molecule has 0 bridgehead atoms. The van der Waals surface area contributed by atoms with Crippen LogP contribution in [0.1, 0.15) is 0 Å². The third kappa shape index (κ3) is 4.68. The van der Waals surface area contributed by atoms with E-state index in [0.717, 1.165) is 5.75 Å². The topological polar surface area (TPSA) is 55.8 Å². The molecule has 5 heteroatoms. The highest BCUT2D eigenvalue weighted by molar-refractivity contribution is 7.32. The standard InChI is InChI=1S/C8H11O4P/c9-13(10)12-7-6-11-8-4-2-1-3-5-8/h1-5,13H,6-7H2,(H,9,10). The zero-order chi connectivity index (χ0) is 9.52. The first-order valence-electron chi connectivity index (χ1n) is 3.82. The molecule has 0 fully saturated rings. The summed E-state index contributed by atoms with van der Waals surface area (Å²) in [4.78, 5) is 8.32. The summed E-state index contributed by atoms with van der Waals surface area (Å²) in [6.07, 6.45) is 0. The maximum absolute atomic E-state index is 10.1. The number of para-hydroxylation sites is 1. The maximum atomic E-state index is 10.1. The van der Waals surface area contributed by atoms with E-state index in [1.54, 1.807) is 0 Å². The van der Waals surface area contributed by atoms with Crippen molar-refractivity contribution in [3.63, 3.8) is 0 Å². The molecule has 1 atom stereocenters. The molecule has 1 rings (SSSR count). The Labute approximate surface area is 77.1 Å². The van der Waals surface area contributed by atoms with Crippen LogP contribution in [0, 0.1) is 0 Å². The molecule has 0 heterocycles. The Balaban J connectivity index is 2.17. The lowest BCUT2D eigenvalue weighted by molar-refractivity contribution is 0.207. The normalized spacial score (nSPS) is 12.4. The van der Waals surface area contributed by atoms with Gasteiger partial charge in [-0.3, -0.25) is 4.57 Å². The van der Waals surface area contributed by atoms with Crippen LogP contribution in [-0.4, -0.2) is 18.1 Å². The molecule has 13 heavy (non-hydrogen) atoms. The van der Waals surface area contributed by atoms with Crippen LogP contribution in [0.4, 0.5) is 0 Å². The third-order valence-electron chi connectivity index (χ3n) is 1.32. The first-order chi connectivity index (χ1) is 6.29. The predicted octanol–water partition coefficient (Wildman–Crippen LogP) is 1.46. The Kier molecular flexibility index (Phi) is 4.54. The molecule has 1 N–H and O–H groups in total. The minimum Gasteiger partial charge on any atom is -0.491 e.